The van der Waals surface area contributed by atoms with E-state index in [4.69, 9.17) is 5.73 Å². The molecule has 0 saturated carbocycles. The first-order valence-electron chi connectivity index (χ1n) is 6.46. The van der Waals surface area contributed by atoms with Crippen LogP contribution in [-0.4, -0.2) is 18.0 Å². The van der Waals surface area contributed by atoms with E-state index in [1.165, 1.54) is 10.4 Å². The fraction of sp³-hybridized carbons (Fsp3) is 0.643. The van der Waals surface area contributed by atoms with Gasteiger partial charge in [0.1, 0.15) is 0 Å². The molecule has 1 atom stereocenters. The van der Waals surface area contributed by atoms with Crippen molar-refractivity contribution in [3.8, 4) is 0 Å². The fourth-order valence-corrected chi connectivity index (χ4v) is 2.74. The summed E-state index contributed by atoms with van der Waals surface area (Å²) >= 11 is 1.58. The summed E-state index contributed by atoms with van der Waals surface area (Å²) in [5.74, 6) is 0.294. The van der Waals surface area contributed by atoms with Crippen molar-refractivity contribution in [1.82, 2.24) is 5.32 Å². The largest absolute Gasteiger partial charge is 0.345 e. The first-order valence-corrected chi connectivity index (χ1v) is 7.27. The quantitative estimate of drug-likeness (QED) is 0.878. The molecule has 0 bridgehead atoms. The van der Waals surface area contributed by atoms with Crippen LogP contribution in [0.5, 0.6) is 0 Å². The van der Waals surface area contributed by atoms with Crippen molar-refractivity contribution in [3.05, 3.63) is 21.4 Å². The summed E-state index contributed by atoms with van der Waals surface area (Å²) < 4.78 is 0. The molecule has 0 saturated heterocycles. The standard InChI is InChI=1S/C14H24N2OS.ClH/c1-6-11-10(4)7-12(18-11)13(17)16-14(5,8-15)9(2)3;/h7,9H,6,8,15H2,1-5H3,(H,16,17);1H. The van der Waals surface area contributed by atoms with Crippen LogP contribution < -0.4 is 11.1 Å². The maximum Gasteiger partial charge on any atom is 0.261 e. The molecule has 1 aromatic rings. The molecule has 1 unspecified atom stereocenters. The zero-order valence-corrected chi connectivity index (χ0v) is 14.0. The second-order valence-electron chi connectivity index (χ2n) is 5.30. The van der Waals surface area contributed by atoms with E-state index in [2.05, 4.69) is 33.0 Å². The maximum atomic E-state index is 12.2. The predicted molar refractivity (Wildman–Crippen MR) is 85.4 cm³/mol. The minimum Gasteiger partial charge on any atom is -0.345 e. The average Bonchev–Trinajstić information content (AvgIpc) is 2.70. The zero-order valence-electron chi connectivity index (χ0n) is 12.4. The molecule has 19 heavy (non-hydrogen) atoms. The molecule has 1 aromatic heterocycles. The molecule has 0 fully saturated rings. The van der Waals surface area contributed by atoms with E-state index >= 15 is 0 Å². The van der Waals surface area contributed by atoms with Gasteiger partial charge in [-0.3, -0.25) is 4.79 Å². The number of hydrogen-bond acceptors (Lipinski definition) is 3. The summed E-state index contributed by atoms with van der Waals surface area (Å²) in [6.07, 6.45) is 0.974. The Balaban J connectivity index is 0.00000324. The summed E-state index contributed by atoms with van der Waals surface area (Å²) in [5, 5.41) is 3.07. The molecule has 0 aromatic carbocycles. The van der Waals surface area contributed by atoms with Crippen LogP contribution in [0.25, 0.3) is 0 Å². The molecule has 3 N–H and O–H groups in total. The number of nitrogens with two attached hydrogens (primary N) is 1. The van der Waals surface area contributed by atoms with E-state index in [1.54, 1.807) is 11.3 Å². The number of amides is 1. The van der Waals surface area contributed by atoms with Gasteiger partial charge in [0.25, 0.3) is 5.91 Å². The molecule has 0 spiro atoms. The van der Waals surface area contributed by atoms with E-state index in [-0.39, 0.29) is 23.9 Å². The highest BCUT2D eigenvalue weighted by Gasteiger charge is 2.29. The Morgan fingerprint density at radius 3 is 2.47 bits per heavy atom. The fourth-order valence-electron chi connectivity index (χ4n) is 1.73. The van der Waals surface area contributed by atoms with Gasteiger partial charge in [-0.25, -0.2) is 0 Å². The molecule has 1 amide bonds. The third-order valence-electron chi connectivity index (χ3n) is 3.66. The Morgan fingerprint density at radius 1 is 1.53 bits per heavy atom. The molecule has 0 aliphatic rings. The van der Waals surface area contributed by atoms with E-state index in [0.29, 0.717) is 12.5 Å². The van der Waals surface area contributed by atoms with Gasteiger partial charge in [0.2, 0.25) is 0 Å². The SMILES string of the molecule is CCc1sc(C(=O)NC(C)(CN)C(C)C)cc1C.Cl. The molecular weight excluding hydrogens is 280 g/mol. The zero-order chi connectivity index (χ0) is 13.9. The minimum atomic E-state index is -0.346. The number of halogens is 1. The molecule has 3 nitrogen and oxygen atoms in total. The average molecular weight is 305 g/mol. The van der Waals surface area contributed by atoms with Gasteiger partial charge in [0.15, 0.2) is 0 Å². The summed E-state index contributed by atoms with van der Waals surface area (Å²) in [5.41, 5.74) is 6.64. The van der Waals surface area contributed by atoms with Crippen LogP contribution in [0.15, 0.2) is 6.07 Å². The number of carbonyl (C=O) groups is 1. The number of aryl methyl sites for hydroxylation is 2. The Hall–Kier alpha value is -0.580. The van der Waals surface area contributed by atoms with Crippen LogP contribution in [-0.2, 0) is 6.42 Å². The highest BCUT2D eigenvalue weighted by molar-refractivity contribution is 7.14. The van der Waals surface area contributed by atoms with Gasteiger partial charge in [0.05, 0.1) is 10.4 Å². The van der Waals surface area contributed by atoms with Crippen molar-refractivity contribution in [2.75, 3.05) is 6.54 Å². The lowest BCUT2D eigenvalue weighted by atomic mass is 9.88. The van der Waals surface area contributed by atoms with Crippen LogP contribution in [0.1, 0.15) is 47.8 Å². The molecule has 1 rings (SSSR count). The third-order valence-corrected chi connectivity index (χ3v) is 5.04. The molecule has 110 valence electrons. The van der Waals surface area contributed by atoms with Crippen LogP contribution in [0, 0.1) is 12.8 Å². The van der Waals surface area contributed by atoms with Gasteiger partial charge in [-0.1, -0.05) is 20.8 Å². The first-order chi connectivity index (χ1) is 8.34. The maximum absolute atomic E-state index is 12.2. The number of nitrogens with one attached hydrogen (secondary N) is 1. The lowest BCUT2D eigenvalue weighted by Crippen LogP contribution is -2.54. The molecule has 1 heterocycles. The van der Waals surface area contributed by atoms with Gasteiger partial charge in [-0.2, -0.15) is 0 Å². The minimum absolute atomic E-state index is 0. The van der Waals surface area contributed by atoms with Crippen molar-refractivity contribution in [2.45, 2.75) is 46.6 Å². The highest BCUT2D eigenvalue weighted by atomic mass is 35.5. The van der Waals surface area contributed by atoms with Crippen molar-refractivity contribution in [1.29, 1.82) is 0 Å². The smallest absolute Gasteiger partial charge is 0.261 e. The van der Waals surface area contributed by atoms with Crippen LogP contribution in [0.2, 0.25) is 0 Å². The van der Waals surface area contributed by atoms with Crippen LogP contribution in [0.4, 0.5) is 0 Å². The van der Waals surface area contributed by atoms with Crippen LogP contribution in [0.3, 0.4) is 0 Å². The second kappa shape index (κ2) is 7.27. The summed E-state index contributed by atoms with van der Waals surface area (Å²) in [6, 6.07) is 1.97. The number of rotatable bonds is 5. The molecular formula is C14H25ClN2OS. The number of thiophene rings is 1. The number of carbonyl (C=O) groups excluding carboxylic acids is 1. The first kappa shape index (κ1) is 18.4. The topological polar surface area (TPSA) is 55.1 Å². The summed E-state index contributed by atoms with van der Waals surface area (Å²) in [6.45, 7) is 10.8. The lowest BCUT2D eigenvalue weighted by molar-refractivity contribution is 0.0887. The Bertz CT molecular complexity index is 431. The Morgan fingerprint density at radius 2 is 2.11 bits per heavy atom. The lowest BCUT2D eigenvalue weighted by Gasteiger charge is -2.33. The van der Waals surface area contributed by atoms with E-state index in [9.17, 15) is 4.79 Å². The van der Waals surface area contributed by atoms with Crippen molar-refractivity contribution < 1.29 is 4.79 Å². The molecule has 5 heteroatoms. The van der Waals surface area contributed by atoms with E-state index in [1.807, 2.05) is 13.0 Å². The van der Waals surface area contributed by atoms with Gasteiger partial charge < -0.3 is 11.1 Å². The highest BCUT2D eigenvalue weighted by Crippen LogP contribution is 2.23. The van der Waals surface area contributed by atoms with Gasteiger partial charge in [0, 0.05) is 11.4 Å². The van der Waals surface area contributed by atoms with Crippen molar-refractivity contribution in [3.63, 3.8) is 0 Å². The van der Waals surface area contributed by atoms with Crippen LogP contribution >= 0.6 is 23.7 Å². The monoisotopic (exact) mass is 304 g/mol. The van der Waals surface area contributed by atoms with Gasteiger partial charge >= 0.3 is 0 Å². The van der Waals surface area contributed by atoms with E-state index in [0.717, 1.165) is 11.3 Å². The van der Waals surface area contributed by atoms with Gasteiger partial charge in [-0.15, -0.1) is 23.7 Å². The second-order valence-corrected chi connectivity index (χ2v) is 6.44. The number of hydrogen-bond donors (Lipinski definition) is 2. The molecule has 0 aliphatic heterocycles. The molecule has 0 radical (unpaired) electrons. The Kier molecular flexibility index (Phi) is 7.05. The Labute approximate surface area is 126 Å². The third kappa shape index (κ3) is 4.20. The summed E-state index contributed by atoms with van der Waals surface area (Å²) in [4.78, 5) is 14.3. The van der Waals surface area contributed by atoms with Crippen molar-refractivity contribution in [2.24, 2.45) is 11.7 Å². The molecule has 0 aliphatic carbocycles. The predicted octanol–water partition coefficient (Wildman–Crippen LogP) is 3.14. The van der Waals surface area contributed by atoms with Gasteiger partial charge in [-0.05, 0) is 37.8 Å². The normalized spacial score (nSPS) is 13.8. The van der Waals surface area contributed by atoms with E-state index < -0.39 is 0 Å². The summed E-state index contributed by atoms with van der Waals surface area (Å²) in [7, 11) is 0. The van der Waals surface area contributed by atoms with Crippen molar-refractivity contribution >= 4 is 29.7 Å².